The van der Waals surface area contributed by atoms with Gasteiger partial charge < -0.3 is 19.6 Å². The number of likely N-dealkylation sites (tertiary alicyclic amines) is 1. The van der Waals surface area contributed by atoms with Crippen molar-refractivity contribution in [3.05, 3.63) is 76.1 Å². The Hall–Kier alpha value is -3.12. The summed E-state index contributed by atoms with van der Waals surface area (Å²) >= 11 is 0. The summed E-state index contributed by atoms with van der Waals surface area (Å²) in [6.07, 6.45) is 3.47. The van der Waals surface area contributed by atoms with Crippen molar-refractivity contribution < 1.29 is 14.7 Å². The molecule has 2 aromatic carbocycles. The minimum Gasteiger partial charge on any atom is -0.507 e. The number of para-hydroxylation sites is 1. The van der Waals surface area contributed by atoms with Crippen molar-refractivity contribution >= 4 is 16.7 Å². The molecule has 0 amide bonds. The molecule has 0 radical (unpaired) electrons. The van der Waals surface area contributed by atoms with Crippen LogP contribution in [0, 0.1) is 5.92 Å². The van der Waals surface area contributed by atoms with Gasteiger partial charge in [0.1, 0.15) is 11.3 Å². The maximum absolute atomic E-state index is 13.1. The van der Waals surface area contributed by atoms with Gasteiger partial charge in [0.05, 0.1) is 16.7 Å². The number of benzene rings is 2. The highest BCUT2D eigenvalue weighted by Gasteiger charge is 2.35. The Kier molecular flexibility index (Phi) is 6.37. The molecule has 2 N–H and O–H groups in total. The number of fused-ring (bicyclic) bond motifs is 1. The van der Waals surface area contributed by atoms with E-state index in [0.29, 0.717) is 23.2 Å². The Morgan fingerprint density at radius 2 is 1.74 bits per heavy atom. The van der Waals surface area contributed by atoms with Crippen LogP contribution in [0.5, 0.6) is 5.75 Å². The molecule has 6 heteroatoms. The summed E-state index contributed by atoms with van der Waals surface area (Å²) in [5.74, 6) is -0.893. The number of piperidine rings is 1. The highest BCUT2D eigenvalue weighted by Crippen LogP contribution is 2.39. The Bertz CT molecular complexity index is 1120. The van der Waals surface area contributed by atoms with E-state index in [1.807, 2.05) is 30.3 Å². The maximum Gasteiger partial charge on any atom is 0.343 e. The molecule has 162 valence electrons. The van der Waals surface area contributed by atoms with Gasteiger partial charge in [0.25, 0.3) is 0 Å². The molecular formula is C25H28N2O4. The van der Waals surface area contributed by atoms with E-state index in [4.69, 9.17) is 4.42 Å². The van der Waals surface area contributed by atoms with Gasteiger partial charge >= 0.3 is 5.63 Å². The van der Waals surface area contributed by atoms with E-state index in [2.05, 4.69) is 10.1 Å². The average Bonchev–Trinajstić information content (AvgIpc) is 2.81. The highest BCUT2D eigenvalue weighted by molar-refractivity contribution is 5.87. The molecule has 0 saturated carbocycles. The molecule has 0 spiro atoms. The van der Waals surface area contributed by atoms with Gasteiger partial charge in [0.15, 0.2) is 0 Å². The van der Waals surface area contributed by atoms with E-state index in [-0.39, 0.29) is 17.2 Å². The van der Waals surface area contributed by atoms with E-state index in [1.165, 1.54) is 6.42 Å². The second-order valence-corrected chi connectivity index (χ2v) is 8.25. The molecule has 2 heterocycles. The van der Waals surface area contributed by atoms with Crippen LogP contribution in [0.15, 0.2) is 69.0 Å². The van der Waals surface area contributed by atoms with Crippen LogP contribution in [-0.4, -0.2) is 40.6 Å². The number of hydrogen-bond acceptors (Lipinski definition) is 6. The van der Waals surface area contributed by atoms with Gasteiger partial charge in [-0.15, -0.1) is 0 Å². The topological polar surface area (TPSA) is 86.3 Å². The number of hydrogen-bond donors (Lipinski definition) is 2. The van der Waals surface area contributed by atoms with Crippen LogP contribution in [-0.2, 0) is 0 Å². The smallest absolute Gasteiger partial charge is 0.343 e. The Morgan fingerprint density at radius 3 is 2.45 bits per heavy atom. The second-order valence-electron chi connectivity index (χ2n) is 8.25. The van der Waals surface area contributed by atoms with E-state index in [0.717, 1.165) is 31.5 Å². The predicted octanol–water partition coefficient (Wildman–Crippen LogP) is 4.58. The number of aromatic hydroxyl groups is 1. The molecule has 1 saturated heterocycles. The lowest BCUT2D eigenvalue weighted by Crippen LogP contribution is -2.39. The van der Waals surface area contributed by atoms with Crippen LogP contribution in [0.1, 0.15) is 43.2 Å². The zero-order valence-corrected chi connectivity index (χ0v) is 17.7. The van der Waals surface area contributed by atoms with Gasteiger partial charge in [-0.25, -0.2) is 4.79 Å². The van der Waals surface area contributed by atoms with Gasteiger partial charge in [0.2, 0.25) is 0 Å². The lowest BCUT2D eigenvalue weighted by Gasteiger charge is -2.34. The summed E-state index contributed by atoms with van der Waals surface area (Å²) in [4.78, 5) is 15.5. The minimum absolute atomic E-state index is 0.0740. The Balaban J connectivity index is 1.90. The average molecular weight is 421 g/mol. The molecule has 31 heavy (non-hydrogen) atoms. The van der Waals surface area contributed by atoms with Crippen molar-refractivity contribution in [3.63, 3.8) is 0 Å². The van der Waals surface area contributed by atoms with Crippen molar-refractivity contribution in [2.75, 3.05) is 19.6 Å². The van der Waals surface area contributed by atoms with Gasteiger partial charge in [-0.05, 0) is 50.6 Å². The lowest BCUT2D eigenvalue weighted by atomic mass is 9.78. The molecular weight excluding hydrogens is 392 g/mol. The first kappa shape index (κ1) is 21.1. The molecule has 0 aliphatic carbocycles. The van der Waals surface area contributed by atoms with Crippen LogP contribution in [0.4, 0.5) is 0 Å². The first-order valence-corrected chi connectivity index (χ1v) is 10.8. The molecule has 4 rings (SSSR count). The molecule has 1 aliphatic rings. The van der Waals surface area contributed by atoms with Crippen LogP contribution in [0.25, 0.3) is 11.0 Å². The van der Waals surface area contributed by atoms with Crippen molar-refractivity contribution in [1.82, 2.24) is 4.90 Å². The lowest BCUT2D eigenvalue weighted by molar-refractivity contribution is 0.204. The molecule has 3 aromatic rings. The third-order valence-corrected chi connectivity index (χ3v) is 6.29. The summed E-state index contributed by atoms with van der Waals surface area (Å²) < 4.78 is 5.60. The molecule has 1 aromatic heterocycles. The summed E-state index contributed by atoms with van der Waals surface area (Å²) in [6.45, 7) is 4.33. The quantitative estimate of drug-likeness (QED) is 0.264. The fraction of sp³-hybridized carbons (Fsp3) is 0.360. The van der Waals surface area contributed by atoms with Crippen molar-refractivity contribution in [3.8, 4) is 5.75 Å². The Labute approximate surface area is 181 Å². The van der Waals surface area contributed by atoms with Crippen molar-refractivity contribution in [2.45, 2.75) is 32.1 Å². The van der Waals surface area contributed by atoms with Crippen LogP contribution >= 0.6 is 0 Å². The van der Waals surface area contributed by atoms with Gasteiger partial charge in [0, 0.05) is 18.4 Å². The van der Waals surface area contributed by atoms with Crippen LogP contribution in [0.3, 0.4) is 0 Å². The highest BCUT2D eigenvalue weighted by atomic mass is 16.4. The van der Waals surface area contributed by atoms with E-state index < -0.39 is 11.5 Å². The first-order valence-electron chi connectivity index (χ1n) is 10.8. The van der Waals surface area contributed by atoms with E-state index in [9.17, 15) is 15.1 Å². The summed E-state index contributed by atoms with van der Waals surface area (Å²) in [5, 5.41) is 24.9. The third-order valence-electron chi connectivity index (χ3n) is 6.29. The number of rotatable bonds is 6. The number of oxime groups is 1. The third kappa shape index (κ3) is 4.35. The molecule has 6 nitrogen and oxygen atoms in total. The van der Waals surface area contributed by atoms with Crippen LogP contribution < -0.4 is 5.63 Å². The standard InChI is InChI=1S/C25H28N2O4/c1-17(26-30)20(16-27-14-8-3-9-15-27)22(18-10-4-2-5-11-18)23-24(28)19-12-6-7-13-21(19)31-25(23)29/h2,4-7,10-13,20,22,28,30H,3,8-9,14-16H2,1H3/b26-17+/t20-,22-/m1/s1. The van der Waals surface area contributed by atoms with Crippen molar-refractivity contribution in [2.24, 2.45) is 11.1 Å². The molecule has 0 unspecified atom stereocenters. The molecule has 0 bridgehead atoms. The minimum atomic E-state index is -0.570. The fourth-order valence-corrected chi connectivity index (χ4v) is 4.66. The summed E-state index contributed by atoms with van der Waals surface area (Å²) in [5.41, 5.74) is 1.37. The maximum atomic E-state index is 13.1. The first-order chi connectivity index (χ1) is 15.1. The molecule has 1 fully saturated rings. The van der Waals surface area contributed by atoms with E-state index in [1.54, 1.807) is 31.2 Å². The number of nitrogens with zero attached hydrogens (tertiary/aromatic N) is 2. The van der Waals surface area contributed by atoms with Gasteiger partial charge in [-0.1, -0.05) is 54.0 Å². The fourth-order valence-electron chi connectivity index (χ4n) is 4.66. The second kappa shape index (κ2) is 9.35. The van der Waals surface area contributed by atoms with E-state index >= 15 is 0 Å². The van der Waals surface area contributed by atoms with Gasteiger partial charge in [-0.2, -0.15) is 0 Å². The molecule has 2 atom stereocenters. The van der Waals surface area contributed by atoms with Crippen LogP contribution in [0.2, 0.25) is 0 Å². The predicted molar refractivity (Wildman–Crippen MR) is 121 cm³/mol. The largest absolute Gasteiger partial charge is 0.507 e. The monoisotopic (exact) mass is 420 g/mol. The summed E-state index contributed by atoms with van der Waals surface area (Å²) in [7, 11) is 0. The SMILES string of the molecule is C/C(=N\O)[C@@H](CN1CCCCC1)[C@@H](c1ccccc1)c1c(O)c2ccccc2oc1=O. The summed E-state index contributed by atoms with van der Waals surface area (Å²) in [6, 6.07) is 16.6. The molecule has 1 aliphatic heterocycles. The normalized spacial score (nSPS) is 17.5. The van der Waals surface area contributed by atoms with Crippen molar-refractivity contribution in [1.29, 1.82) is 0 Å². The van der Waals surface area contributed by atoms with Gasteiger partial charge in [-0.3, -0.25) is 0 Å². The Morgan fingerprint density at radius 1 is 1.06 bits per heavy atom. The zero-order chi connectivity index (χ0) is 21.8. The zero-order valence-electron chi connectivity index (χ0n) is 17.7.